The second-order valence-electron chi connectivity index (χ2n) is 3.98. The largest absolute Gasteiger partial charge is 0.398 e. The van der Waals surface area contributed by atoms with Gasteiger partial charge < -0.3 is 11.1 Å². The first-order valence-corrected chi connectivity index (χ1v) is 6.29. The van der Waals surface area contributed by atoms with Crippen molar-refractivity contribution in [1.82, 2.24) is 0 Å². The highest BCUT2D eigenvalue weighted by Crippen LogP contribution is 2.21. The highest BCUT2D eigenvalue weighted by molar-refractivity contribution is 9.10. The van der Waals surface area contributed by atoms with Crippen molar-refractivity contribution in [3.8, 4) is 0 Å². The zero-order valence-corrected chi connectivity index (χ0v) is 11.5. The molecule has 0 atom stereocenters. The first kappa shape index (κ1) is 12.6. The van der Waals surface area contributed by atoms with E-state index in [0.29, 0.717) is 11.3 Å². The molecule has 2 aromatic carbocycles. The normalized spacial score (nSPS) is 10.1. The molecule has 0 spiro atoms. The highest BCUT2D eigenvalue weighted by atomic mass is 79.9. The van der Waals surface area contributed by atoms with Crippen LogP contribution in [0.15, 0.2) is 46.9 Å². The van der Waals surface area contributed by atoms with Gasteiger partial charge in [0.1, 0.15) is 0 Å². The Morgan fingerprint density at radius 3 is 2.50 bits per heavy atom. The fourth-order valence-electron chi connectivity index (χ4n) is 1.58. The Morgan fingerprint density at radius 1 is 1.17 bits per heavy atom. The molecule has 3 nitrogen and oxygen atoms in total. The van der Waals surface area contributed by atoms with Gasteiger partial charge in [0.25, 0.3) is 5.91 Å². The predicted octanol–water partition coefficient (Wildman–Crippen LogP) is 3.59. The predicted molar refractivity (Wildman–Crippen MR) is 77.7 cm³/mol. The Morgan fingerprint density at radius 2 is 1.83 bits per heavy atom. The summed E-state index contributed by atoms with van der Waals surface area (Å²) < 4.78 is 0.944. The SMILES string of the molecule is Cc1c(N)cccc1NC(=O)c1ccc(Br)cc1. The van der Waals surface area contributed by atoms with Gasteiger partial charge in [0.15, 0.2) is 0 Å². The van der Waals surface area contributed by atoms with Crippen LogP contribution in [0.3, 0.4) is 0 Å². The molecule has 92 valence electrons. The number of hydrogen-bond acceptors (Lipinski definition) is 2. The molecule has 0 saturated heterocycles. The van der Waals surface area contributed by atoms with Crippen molar-refractivity contribution in [3.63, 3.8) is 0 Å². The fraction of sp³-hybridized carbons (Fsp3) is 0.0714. The fourth-order valence-corrected chi connectivity index (χ4v) is 1.85. The Hall–Kier alpha value is -1.81. The molecule has 0 aromatic heterocycles. The van der Waals surface area contributed by atoms with E-state index in [-0.39, 0.29) is 5.91 Å². The second-order valence-corrected chi connectivity index (χ2v) is 4.90. The zero-order chi connectivity index (χ0) is 13.1. The van der Waals surface area contributed by atoms with Crippen LogP contribution in [0.5, 0.6) is 0 Å². The summed E-state index contributed by atoms with van der Waals surface area (Å²) in [5, 5.41) is 2.85. The molecular formula is C14H13BrN2O. The topological polar surface area (TPSA) is 55.1 Å². The van der Waals surface area contributed by atoms with E-state index in [1.54, 1.807) is 12.1 Å². The maximum atomic E-state index is 12.0. The minimum absolute atomic E-state index is 0.142. The Balaban J connectivity index is 2.21. The molecule has 3 N–H and O–H groups in total. The van der Waals surface area contributed by atoms with Crippen LogP contribution < -0.4 is 11.1 Å². The maximum absolute atomic E-state index is 12.0. The van der Waals surface area contributed by atoms with E-state index >= 15 is 0 Å². The van der Waals surface area contributed by atoms with Crippen molar-refractivity contribution in [1.29, 1.82) is 0 Å². The molecule has 0 saturated carbocycles. The molecule has 0 heterocycles. The first-order chi connectivity index (χ1) is 8.58. The number of carbonyl (C=O) groups is 1. The molecule has 18 heavy (non-hydrogen) atoms. The van der Waals surface area contributed by atoms with Gasteiger partial charge in [0.2, 0.25) is 0 Å². The monoisotopic (exact) mass is 304 g/mol. The molecule has 0 fully saturated rings. The number of carbonyl (C=O) groups excluding carboxylic acids is 1. The van der Waals surface area contributed by atoms with Crippen LogP contribution in [0.4, 0.5) is 11.4 Å². The lowest BCUT2D eigenvalue weighted by Crippen LogP contribution is -2.13. The lowest BCUT2D eigenvalue weighted by molar-refractivity contribution is 0.102. The van der Waals surface area contributed by atoms with Crippen LogP contribution in [-0.2, 0) is 0 Å². The molecule has 2 rings (SSSR count). The van der Waals surface area contributed by atoms with Crippen molar-refractivity contribution in [2.24, 2.45) is 0 Å². The molecule has 0 aliphatic rings. The van der Waals surface area contributed by atoms with E-state index < -0.39 is 0 Å². The average Bonchev–Trinajstić information content (AvgIpc) is 2.36. The van der Waals surface area contributed by atoms with Crippen LogP contribution in [0.25, 0.3) is 0 Å². The summed E-state index contributed by atoms with van der Waals surface area (Å²) in [6.07, 6.45) is 0. The summed E-state index contributed by atoms with van der Waals surface area (Å²) in [5.41, 5.74) is 8.70. The smallest absolute Gasteiger partial charge is 0.255 e. The quantitative estimate of drug-likeness (QED) is 0.833. The number of rotatable bonds is 2. The van der Waals surface area contributed by atoms with Gasteiger partial charge in [0.05, 0.1) is 0 Å². The number of halogens is 1. The van der Waals surface area contributed by atoms with Gasteiger partial charge in [-0.3, -0.25) is 4.79 Å². The molecule has 0 aliphatic heterocycles. The minimum atomic E-state index is -0.142. The van der Waals surface area contributed by atoms with Crippen molar-refractivity contribution in [2.75, 3.05) is 11.1 Å². The standard InChI is InChI=1S/C14H13BrN2O/c1-9-12(16)3-2-4-13(9)17-14(18)10-5-7-11(15)8-6-10/h2-8H,16H2,1H3,(H,17,18). The van der Waals surface area contributed by atoms with Crippen LogP contribution in [-0.4, -0.2) is 5.91 Å². The lowest BCUT2D eigenvalue weighted by Gasteiger charge is -2.10. The highest BCUT2D eigenvalue weighted by Gasteiger charge is 2.08. The van der Waals surface area contributed by atoms with Crippen LogP contribution in [0, 0.1) is 6.92 Å². The minimum Gasteiger partial charge on any atom is -0.398 e. The summed E-state index contributed by atoms with van der Waals surface area (Å²) in [7, 11) is 0. The van der Waals surface area contributed by atoms with Crippen molar-refractivity contribution >= 4 is 33.2 Å². The molecule has 0 radical (unpaired) electrons. The number of nitrogens with two attached hydrogens (primary N) is 1. The summed E-state index contributed by atoms with van der Waals surface area (Å²) in [6, 6.07) is 12.7. The van der Waals surface area contributed by atoms with Gasteiger partial charge in [0, 0.05) is 21.4 Å². The third kappa shape index (κ3) is 2.71. The third-order valence-corrected chi connectivity index (χ3v) is 3.26. The lowest BCUT2D eigenvalue weighted by atomic mass is 10.1. The molecule has 4 heteroatoms. The molecule has 0 unspecified atom stereocenters. The van der Waals surface area contributed by atoms with Crippen molar-refractivity contribution < 1.29 is 4.79 Å². The van der Waals surface area contributed by atoms with E-state index in [9.17, 15) is 4.79 Å². The molecule has 0 bridgehead atoms. The average molecular weight is 305 g/mol. The van der Waals surface area contributed by atoms with E-state index in [0.717, 1.165) is 15.7 Å². The van der Waals surface area contributed by atoms with E-state index in [1.807, 2.05) is 37.3 Å². The molecule has 2 aromatic rings. The number of nitrogens with one attached hydrogen (secondary N) is 1. The number of benzene rings is 2. The Bertz CT molecular complexity index is 579. The zero-order valence-electron chi connectivity index (χ0n) is 9.91. The maximum Gasteiger partial charge on any atom is 0.255 e. The second kappa shape index (κ2) is 5.23. The first-order valence-electron chi connectivity index (χ1n) is 5.50. The van der Waals surface area contributed by atoms with Crippen LogP contribution in [0.2, 0.25) is 0 Å². The summed E-state index contributed by atoms with van der Waals surface area (Å²) in [5.74, 6) is -0.142. The number of nitrogen functional groups attached to an aromatic ring is 1. The van der Waals surface area contributed by atoms with Gasteiger partial charge in [-0.25, -0.2) is 0 Å². The summed E-state index contributed by atoms with van der Waals surface area (Å²) in [4.78, 5) is 12.0. The van der Waals surface area contributed by atoms with E-state index in [1.165, 1.54) is 0 Å². The van der Waals surface area contributed by atoms with E-state index in [2.05, 4.69) is 21.2 Å². The van der Waals surface area contributed by atoms with Gasteiger partial charge in [-0.15, -0.1) is 0 Å². The van der Waals surface area contributed by atoms with Gasteiger partial charge in [-0.2, -0.15) is 0 Å². The number of hydrogen-bond donors (Lipinski definition) is 2. The van der Waals surface area contributed by atoms with Gasteiger partial charge in [-0.1, -0.05) is 22.0 Å². The van der Waals surface area contributed by atoms with E-state index in [4.69, 9.17) is 5.73 Å². The van der Waals surface area contributed by atoms with Crippen molar-refractivity contribution in [2.45, 2.75) is 6.92 Å². The van der Waals surface area contributed by atoms with Gasteiger partial charge >= 0.3 is 0 Å². The molecule has 0 aliphatic carbocycles. The van der Waals surface area contributed by atoms with Crippen LogP contribution >= 0.6 is 15.9 Å². The molecular weight excluding hydrogens is 292 g/mol. The molecule has 1 amide bonds. The third-order valence-electron chi connectivity index (χ3n) is 2.73. The Kier molecular flexibility index (Phi) is 3.67. The van der Waals surface area contributed by atoms with Crippen molar-refractivity contribution in [3.05, 3.63) is 58.1 Å². The number of amides is 1. The van der Waals surface area contributed by atoms with Crippen LogP contribution in [0.1, 0.15) is 15.9 Å². The summed E-state index contributed by atoms with van der Waals surface area (Å²) >= 11 is 3.33. The number of anilines is 2. The van der Waals surface area contributed by atoms with Gasteiger partial charge in [-0.05, 0) is 48.9 Å². The summed E-state index contributed by atoms with van der Waals surface area (Å²) in [6.45, 7) is 1.88. The Labute approximate surface area is 114 Å².